The molecular formula is C80H152O17P2. The minimum absolute atomic E-state index is 0.102. The quantitative estimate of drug-likeness (QED) is 0.0169. The number of esters is 4. The van der Waals surface area contributed by atoms with E-state index in [0.29, 0.717) is 25.7 Å². The van der Waals surface area contributed by atoms with Crippen molar-refractivity contribution < 1.29 is 80.2 Å². The van der Waals surface area contributed by atoms with Crippen LogP contribution in [0.5, 0.6) is 0 Å². The second-order valence-electron chi connectivity index (χ2n) is 28.6. The van der Waals surface area contributed by atoms with Crippen LogP contribution in [0.3, 0.4) is 0 Å². The maximum absolute atomic E-state index is 13.1. The van der Waals surface area contributed by atoms with E-state index in [1.165, 1.54) is 205 Å². The zero-order valence-corrected chi connectivity index (χ0v) is 65.9. The molecule has 0 amide bonds. The molecule has 0 aliphatic heterocycles. The van der Waals surface area contributed by atoms with Crippen LogP contribution >= 0.6 is 15.6 Å². The van der Waals surface area contributed by atoms with Gasteiger partial charge in [-0.15, -0.1) is 0 Å². The standard InChI is InChI=1S/C80H152O17P2/c1-6-9-12-15-18-21-24-27-29-30-31-32-33-35-38-41-44-51-56-61-66-80(85)96-75(69-90-77(82)63-58-53-48-42-39-37-34-28-25-22-19-16-13-10-7-2)71-94-98(86,87)92-67-74(81)68-93-99(88,89)95-72-76(70-91-78(83)64-59-54-49-46-45-47-52-57-62-73(4)5)97-79(84)65-60-55-50-43-40-36-26-23-20-17-14-11-8-3/h22,25,28,34,73-76,81H,6-21,23-24,26-27,29-33,35-72H2,1-5H3,(H,86,87)(H,88,89)/b25-22-,34-28-/t74-,75-,76-/m1/s1. The molecule has 0 aromatic heterocycles. The van der Waals surface area contributed by atoms with Crippen molar-refractivity contribution in [3.63, 3.8) is 0 Å². The summed E-state index contributed by atoms with van der Waals surface area (Å²) in [7, 11) is -9.93. The highest BCUT2D eigenvalue weighted by Crippen LogP contribution is 2.45. The lowest BCUT2D eigenvalue weighted by molar-refractivity contribution is -0.161. The number of hydrogen-bond acceptors (Lipinski definition) is 15. The maximum atomic E-state index is 13.1. The zero-order valence-electron chi connectivity index (χ0n) is 64.1. The minimum Gasteiger partial charge on any atom is -0.462 e. The zero-order chi connectivity index (χ0) is 72.7. The predicted molar refractivity (Wildman–Crippen MR) is 404 cm³/mol. The number of phosphoric acid groups is 2. The smallest absolute Gasteiger partial charge is 0.462 e. The van der Waals surface area contributed by atoms with E-state index in [0.717, 1.165) is 115 Å². The first kappa shape index (κ1) is 96.5. The Bertz CT molecular complexity index is 1990. The summed E-state index contributed by atoms with van der Waals surface area (Å²) in [6.07, 6.45) is 66.0. The molecule has 2 unspecified atom stereocenters. The molecule has 3 N–H and O–H groups in total. The molecular weight excluding hydrogens is 1290 g/mol. The van der Waals surface area contributed by atoms with Crippen molar-refractivity contribution in [1.29, 1.82) is 0 Å². The van der Waals surface area contributed by atoms with Gasteiger partial charge >= 0.3 is 39.5 Å². The van der Waals surface area contributed by atoms with E-state index in [9.17, 15) is 43.2 Å². The fourth-order valence-electron chi connectivity index (χ4n) is 11.9. The Labute approximate surface area is 605 Å². The van der Waals surface area contributed by atoms with Crippen molar-refractivity contribution in [2.45, 2.75) is 419 Å². The molecule has 0 saturated carbocycles. The third kappa shape index (κ3) is 73.6. The summed E-state index contributed by atoms with van der Waals surface area (Å²) in [6, 6.07) is 0. The molecule has 17 nitrogen and oxygen atoms in total. The molecule has 0 aromatic rings. The van der Waals surface area contributed by atoms with Crippen LogP contribution in [0.1, 0.15) is 401 Å². The molecule has 99 heavy (non-hydrogen) atoms. The Morgan fingerprint density at radius 3 is 0.828 bits per heavy atom. The van der Waals surface area contributed by atoms with E-state index in [-0.39, 0.29) is 25.7 Å². The Morgan fingerprint density at radius 2 is 0.545 bits per heavy atom. The molecule has 5 atom stereocenters. The van der Waals surface area contributed by atoms with E-state index >= 15 is 0 Å². The summed E-state index contributed by atoms with van der Waals surface area (Å²) in [6.45, 7) is 7.22. The number of phosphoric ester groups is 2. The third-order valence-electron chi connectivity index (χ3n) is 18.2. The summed E-state index contributed by atoms with van der Waals surface area (Å²) in [4.78, 5) is 72.9. The number of rotatable bonds is 78. The van der Waals surface area contributed by atoms with Crippen molar-refractivity contribution in [3.05, 3.63) is 24.3 Å². The number of aliphatic hydroxyl groups is 1. The fourth-order valence-corrected chi connectivity index (χ4v) is 13.4. The third-order valence-corrected chi connectivity index (χ3v) is 20.1. The number of ether oxygens (including phenoxy) is 4. The number of carbonyl (C=O) groups excluding carboxylic acids is 4. The van der Waals surface area contributed by atoms with Crippen LogP contribution in [-0.4, -0.2) is 96.7 Å². The lowest BCUT2D eigenvalue weighted by Crippen LogP contribution is -2.30. The second kappa shape index (κ2) is 72.5. The average Bonchev–Trinajstić information content (AvgIpc) is 1.02. The van der Waals surface area contributed by atoms with Crippen molar-refractivity contribution in [2.24, 2.45) is 5.92 Å². The van der Waals surface area contributed by atoms with Crippen molar-refractivity contribution in [1.82, 2.24) is 0 Å². The van der Waals surface area contributed by atoms with Crippen molar-refractivity contribution in [3.8, 4) is 0 Å². The molecule has 0 fully saturated rings. The molecule has 0 bridgehead atoms. The Hall–Kier alpha value is -2.46. The average molecular weight is 1450 g/mol. The van der Waals surface area contributed by atoms with Crippen LogP contribution in [-0.2, 0) is 65.4 Å². The van der Waals surface area contributed by atoms with Crippen LogP contribution in [0.15, 0.2) is 24.3 Å². The minimum atomic E-state index is -4.97. The van der Waals surface area contributed by atoms with Crippen molar-refractivity contribution >= 4 is 39.5 Å². The summed E-state index contributed by atoms with van der Waals surface area (Å²) < 4.78 is 68.6. The summed E-state index contributed by atoms with van der Waals surface area (Å²) in [5.41, 5.74) is 0. The van der Waals surface area contributed by atoms with Crippen LogP contribution in [0.2, 0.25) is 0 Å². The van der Waals surface area contributed by atoms with Crippen LogP contribution in [0, 0.1) is 5.92 Å². The second-order valence-corrected chi connectivity index (χ2v) is 31.5. The summed E-state index contributed by atoms with van der Waals surface area (Å²) >= 11 is 0. The van der Waals surface area contributed by atoms with E-state index in [2.05, 4.69) is 58.9 Å². The van der Waals surface area contributed by atoms with E-state index in [4.69, 9.17) is 37.0 Å². The molecule has 0 heterocycles. The van der Waals surface area contributed by atoms with Gasteiger partial charge in [0, 0.05) is 25.7 Å². The van der Waals surface area contributed by atoms with E-state index < -0.39 is 97.5 Å². The van der Waals surface area contributed by atoms with Gasteiger partial charge in [0.05, 0.1) is 26.4 Å². The molecule has 0 rings (SSSR count). The van der Waals surface area contributed by atoms with Gasteiger partial charge in [-0.2, -0.15) is 0 Å². The number of unbranched alkanes of at least 4 members (excludes halogenated alkanes) is 47. The highest BCUT2D eigenvalue weighted by molar-refractivity contribution is 7.47. The van der Waals surface area contributed by atoms with Crippen LogP contribution in [0.25, 0.3) is 0 Å². The molecule has 0 aliphatic rings. The molecule has 0 radical (unpaired) electrons. The molecule has 19 heteroatoms. The van der Waals surface area contributed by atoms with Gasteiger partial charge in [0.1, 0.15) is 19.3 Å². The highest BCUT2D eigenvalue weighted by atomic mass is 31.2. The predicted octanol–water partition coefficient (Wildman–Crippen LogP) is 23.6. The Balaban J connectivity index is 5.27. The Kier molecular flexibility index (Phi) is 70.7. The highest BCUT2D eigenvalue weighted by Gasteiger charge is 2.30. The lowest BCUT2D eigenvalue weighted by atomic mass is 10.0. The SMILES string of the molecule is CCCCCC/C=C\C=C/CCCCCCCC(=O)OC[C@H](COP(=O)(O)OC[C@@H](O)COP(=O)(O)OC[C@@H](COC(=O)CCCCCCCCCCC(C)C)OC(=O)CCCCCCCCCCCCCCC)OC(=O)CCCCCCCCCCCCCCCCCCCCCC. The number of aliphatic hydroxyl groups excluding tert-OH is 1. The molecule has 0 spiro atoms. The lowest BCUT2D eigenvalue weighted by Gasteiger charge is -2.21. The summed E-state index contributed by atoms with van der Waals surface area (Å²) in [5, 5.41) is 10.6. The number of carbonyl (C=O) groups is 4. The van der Waals surface area contributed by atoms with Gasteiger partial charge in [-0.25, -0.2) is 9.13 Å². The first-order chi connectivity index (χ1) is 48.0. The molecule has 584 valence electrons. The van der Waals surface area contributed by atoms with Crippen LogP contribution in [0.4, 0.5) is 0 Å². The molecule has 0 aliphatic carbocycles. The fraction of sp³-hybridized carbons (Fsp3) is 0.900. The monoisotopic (exact) mass is 1450 g/mol. The first-order valence-corrected chi connectivity index (χ1v) is 43.9. The van der Waals surface area contributed by atoms with Gasteiger partial charge in [-0.1, -0.05) is 348 Å². The number of allylic oxidation sites excluding steroid dienone is 4. The van der Waals surface area contributed by atoms with Gasteiger partial charge in [0.15, 0.2) is 12.2 Å². The van der Waals surface area contributed by atoms with Gasteiger partial charge < -0.3 is 33.8 Å². The summed E-state index contributed by atoms with van der Waals surface area (Å²) in [5.74, 6) is -1.41. The van der Waals surface area contributed by atoms with Gasteiger partial charge in [-0.05, 0) is 57.3 Å². The largest absolute Gasteiger partial charge is 0.472 e. The maximum Gasteiger partial charge on any atom is 0.472 e. The van der Waals surface area contributed by atoms with E-state index in [1.807, 2.05) is 0 Å². The van der Waals surface area contributed by atoms with Crippen LogP contribution < -0.4 is 0 Å². The van der Waals surface area contributed by atoms with Gasteiger partial charge in [-0.3, -0.25) is 37.3 Å². The van der Waals surface area contributed by atoms with E-state index in [1.54, 1.807) is 0 Å². The first-order valence-electron chi connectivity index (χ1n) is 41.0. The van der Waals surface area contributed by atoms with Crippen molar-refractivity contribution in [2.75, 3.05) is 39.6 Å². The topological polar surface area (TPSA) is 237 Å². The van der Waals surface area contributed by atoms with Gasteiger partial charge in [0.25, 0.3) is 0 Å². The molecule has 0 saturated heterocycles. The Morgan fingerprint density at radius 1 is 0.313 bits per heavy atom. The number of hydrogen-bond donors (Lipinski definition) is 3. The normalized spacial score (nSPS) is 14.0. The van der Waals surface area contributed by atoms with Gasteiger partial charge in [0.2, 0.25) is 0 Å². The molecule has 0 aromatic carbocycles.